The summed E-state index contributed by atoms with van der Waals surface area (Å²) >= 11 is 0. The fraction of sp³-hybridized carbons (Fsp3) is 0.462. The molecular weight excluding hydrogens is 371 g/mol. The Morgan fingerprint density at radius 3 is 2.44 bits per heavy atom. The molecule has 0 saturated carbocycles. The molecule has 1 N–H and O–H groups in total. The van der Waals surface area contributed by atoms with Crippen LogP contribution in [0.5, 0.6) is 6.01 Å². The van der Waals surface area contributed by atoms with Crippen molar-refractivity contribution in [1.29, 1.82) is 0 Å². The fourth-order valence-electron chi connectivity index (χ4n) is 1.66. The summed E-state index contributed by atoms with van der Waals surface area (Å²) in [7, 11) is -0.796. The van der Waals surface area contributed by atoms with Gasteiger partial charge in [0.05, 0.1) is 19.8 Å². The minimum Gasteiger partial charge on any atom is -0.539 e. The molecule has 13 nitrogen and oxygen atoms in total. The Kier molecular flexibility index (Phi) is 8.75. The molecule has 0 bridgehead atoms. The quantitative estimate of drug-likeness (QED) is 0.185. The molecule has 0 aliphatic carbocycles. The third-order valence-corrected chi connectivity index (χ3v) is 2.87. The molecule has 0 spiro atoms. The van der Waals surface area contributed by atoms with E-state index in [4.69, 9.17) is 19.2 Å². The summed E-state index contributed by atoms with van der Waals surface area (Å²) in [4.78, 5) is 43.5. The summed E-state index contributed by atoms with van der Waals surface area (Å²) in [6.07, 6.45) is 3.06. The zero-order chi connectivity index (χ0) is 20.4. The maximum absolute atomic E-state index is 11.2. The maximum atomic E-state index is 11.2. The van der Waals surface area contributed by atoms with Crippen LogP contribution in [0.25, 0.3) is 0 Å². The van der Waals surface area contributed by atoms with Crippen molar-refractivity contribution in [3.05, 3.63) is 12.4 Å². The van der Waals surface area contributed by atoms with Crippen molar-refractivity contribution in [2.24, 2.45) is 0 Å². The number of carboxylic acid groups (broad SMARTS) is 2. The number of hydrogen-bond acceptors (Lipinski definition) is 10. The van der Waals surface area contributed by atoms with Gasteiger partial charge in [-0.1, -0.05) is 0 Å². The lowest BCUT2D eigenvalue weighted by Crippen LogP contribution is -2.46. The molecule has 27 heavy (non-hydrogen) atoms. The van der Waals surface area contributed by atoms with Crippen LogP contribution in [0.3, 0.4) is 0 Å². The number of methoxy groups -OCH3 is 1. The third kappa shape index (κ3) is 6.95. The van der Waals surface area contributed by atoms with Crippen molar-refractivity contribution < 1.29 is 57.4 Å². The lowest BCUT2D eigenvalue weighted by Gasteiger charge is -2.13. The number of nitrogens with zero attached hydrogens (tertiary/aromatic N) is 2. The summed E-state index contributed by atoms with van der Waals surface area (Å²) in [6.45, 7) is 2.62. The van der Waals surface area contributed by atoms with Gasteiger partial charge in [-0.25, -0.2) is 14.4 Å². The third-order valence-electron chi connectivity index (χ3n) is 2.87. The zero-order valence-corrected chi connectivity index (χ0v) is 14.5. The molecule has 0 unspecified atom stereocenters. The second-order valence-electron chi connectivity index (χ2n) is 4.68. The smallest absolute Gasteiger partial charge is 0.539 e. The maximum Gasteiger partial charge on any atom is 0.873 e. The largest absolute Gasteiger partial charge is 0.873 e. The van der Waals surface area contributed by atoms with E-state index in [1.807, 2.05) is 0 Å². The van der Waals surface area contributed by atoms with E-state index < -0.39 is 31.2 Å². The first kappa shape index (κ1) is 21.9. The van der Waals surface area contributed by atoms with E-state index in [-0.39, 0.29) is 19.3 Å². The van der Waals surface area contributed by atoms with Gasteiger partial charge in [0.15, 0.2) is 12.7 Å². The topological polar surface area (TPSA) is 167 Å². The average Bonchev–Trinajstić information content (AvgIpc) is 3.00. The Labute approximate surface area is 153 Å². The van der Waals surface area contributed by atoms with Crippen molar-refractivity contribution in [1.82, 2.24) is 4.57 Å². The van der Waals surface area contributed by atoms with Gasteiger partial charge in [0, 0.05) is 7.11 Å². The Bertz CT molecular complexity index is 662. The van der Waals surface area contributed by atoms with Crippen LogP contribution >= 0.6 is 0 Å². The first-order valence-corrected chi connectivity index (χ1v) is 7.47. The van der Waals surface area contributed by atoms with Gasteiger partial charge in [-0.3, -0.25) is 0 Å². The van der Waals surface area contributed by atoms with Gasteiger partial charge < -0.3 is 38.4 Å². The van der Waals surface area contributed by atoms with E-state index in [1.165, 1.54) is 22.4 Å². The van der Waals surface area contributed by atoms with Crippen LogP contribution in [0.4, 0.5) is 0 Å². The second kappa shape index (κ2) is 10.8. The molecule has 0 aliphatic rings. The number of rotatable bonds is 10. The number of aliphatic carboxylic acids is 2. The highest BCUT2D eigenvalue weighted by Gasteiger charge is 2.40. The number of ether oxygens (including phenoxy) is 2. The van der Waals surface area contributed by atoms with E-state index in [2.05, 4.69) is 9.31 Å². The number of carbonyl (C=O) groups excluding carboxylic acids is 3. The molecule has 0 radical (unpaired) electrons. The average molecular weight is 388 g/mol. The van der Waals surface area contributed by atoms with Crippen LogP contribution in [0.1, 0.15) is 6.92 Å². The number of aryl methyl sites for hydroxylation is 1. The first-order valence-electron chi connectivity index (χ1n) is 7.47. The SMILES string of the molecule is CCn1cc[n+](COCCOC)c1OB(OC(=O)C(=O)[O-])OC(=O)C(=O)O. The van der Waals surface area contributed by atoms with Crippen molar-refractivity contribution in [3.63, 3.8) is 0 Å². The minimum absolute atomic E-state index is 0.0419. The Morgan fingerprint density at radius 1 is 1.22 bits per heavy atom. The summed E-state index contributed by atoms with van der Waals surface area (Å²) in [5.74, 6) is -7.99. The van der Waals surface area contributed by atoms with E-state index in [9.17, 15) is 24.3 Å². The van der Waals surface area contributed by atoms with Gasteiger partial charge in [0.2, 0.25) is 0 Å². The monoisotopic (exact) mass is 388 g/mol. The Morgan fingerprint density at radius 2 is 1.89 bits per heavy atom. The molecule has 0 fully saturated rings. The van der Waals surface area contributed by atoms with Gasteiger partial charge >= 0.3 is 31.2 Å². The molecule has 1 rings (SSSR count). The Balaban J connectivity index is 2.98. The Hall–Kier alpha value is -3.13. The number of hydrogen-bond donors (Lipinski definition) is 1. The molecule has 0 aliphatic heterocycles. The first-order chi connectivity index (χ1) is 12.8. The minimum atomic E-state index is -2.29. The van der Waals surface area contributed by atoms with Crippen LogP contribution in [0, 0.1) is 0 Å². The predicted molar refractivity (Wildman–Crippen MR) is 79.3 cm³/mol. The van der Waals surface area contributed by atoms with E-state index in [1.54, 1.807) is 13.1 Å². The molecule has 0 saturated heterocycles. The number of imidazole rings is 1. The van der Waals surface area contributed by atoms with Crippen molar-refractivity contribution in [2.45, 2.75) is 20.2 Å². The van der Waals surface area contributed by atoms with Crippen molar-refractivity contribution in [3.8, 4) is 6.01 Å². The lowest BCUT2D eigenvalue weighted by molar-refractivity contribution is -0.734. The highest BCUT2D eigenvalue weighted by molar-refractivity contribution is 6.50. The molecule has 1 heterocycles. The highest BCUT2D eigenvalue weighted by Crippen LogP contribution is 2.09. The molecule has 1 aromatic heterocycles. The molecule has 0 aromatic carbocycles. The highest BCUT2D eigenvalue weighted by atomic mass is 16.8. The van der Waals surface area contributed by atoms with Crippen LogP contribution in [-0.2, 0) is 51.2 Å². The second-order valence-corrected chi connectivity index (χ2v) is 4.68. The van der Waals surface area contributed by atoms with Gasteiger partial charge in [0.1, 0.15) is 12.4 Å². The van der Waals surface area contributed by atoms with Crippen molar-refractivity contribution >= 4 is 31.2 Å². The number of carboxylic acids is 2. The van der Waals surface area contributed by atoms with Gasteiger partial charge in [-0.2, -0.15) is 9.13 Å². The zero-order valence-electron chi connectivity index (χ0n) is 14.5. The summed E-state index contributed by atoms with van der Waals surface area (Å²) in [5, 5.41) is 19.1. The van der Waals surface area contributed by atoms with Crippen LogP contribution in [0.15, 0.2) is 12.4 Å². The number of aromatic nitrogens is 2. The molecule has 1 aromatic rings. The molecular formula is C13H17BN2O11. The predicted octanol–water partition coefficient (Wildman–Crippen LogP) is -3.30. The molecule has 0 atom stereocenters. The van der Waals surface area contributed by atoms with Gasteiger partial charge in [-0.05, 0) is 6.92 Å². The van der Waals surface area contributed by atoms with Crippen LogP contribution in [0.2, 0.25) is 0 Å². The van der Waals surface area contributed by atoms with Gasteiger partial charge in [0.25, 0.3) is 0 Å². The summed E-state index contributed by atoms with van der Waals surface area (Å²) in [5.41, 5.74) is 0. The van der Waals surface area contributed by atoms with Gasteiger partial charge in [-0.15, -0.1) is 0 Å². The molecule has 14 heteroatoms. The molecule has 0 amide bonds. The summed E-state index contributed by atoms with van der Waals surface area (Å²) < 4.78 is 26.8. The van der Waals surface area contributed by atoms with E-state index in [0.29, 0.717) is 13.2 Å². The fourth-order valence-corrected chi connectivity index (χ4v) is 1.66. The van der Waals surface area contributed by atoms with Crippen molar-refractivity contribution in [2.75, 3.05) is 20.3 Å². The van der Waals surface area contributed by atoms with E-state index >= 15 is 0 Å². The lowest BCUT2D eigenvalue weighted by atomic mass is 10.2. The standard InChI is InChI=1S/C13H17BN2O11/c1-3-15-4-5-16(8-24-7-6-23-2)13(15)27-14(25-11(21)9(17)18)26-12(22)10(19)20/h4-5H,3,6-8H2,1-2H3,(H-,17,18,19,20). The normalized spacial score (nSPS) is 10.1. The van der Waals surface area contributed by atoms with Crippen LogP contribution < -0.4 is 14.3 Å². The van der Waals surface area contributed by atoms with E-state index in [0.717, 1.165) is 0 Å². The summed E-state index contributed by atoms with van der Waals surface area (Å²) in [6, 6.07) is -0.0655. The number of carbonyl (C=O) groups is 4. The van der Waals surface area contributed by atoms with Crippen LogP contribution in [-0.4, -0.2) is 61.2 Å². The molecule has 148 valence electrons.